The van der Waals surface area contributed by atoms with Crippen molar-refractivity contribution in [1.82, 2.24) is 5.32 Å². The maximum Gasteiger partial charge on any atom is 0.148 e. The molecule has 0 aromatic heterocycles. The Balaban J connectivity index is 1.96. The second-order valence-corrected chi connectivity index (χ2v) is 8.28. The second kappa shape index (κ2) is 6.24. The molecule has 2 rings (SSSR count). The molecule has 19 heavy (non-hydrogen) atoms. The van der Waals surface area contributed by atoms with Crippen molar-refractivity contribution in [2.24, 2.45) is 0 Å². The molecule has 0 atom stereocenters. The minimum atomic E-state index is -2.94. The summed E-state index contributed by atoms with van der Waals surface area (Å²) >= 11 is 1.47. The van der Waals surface area contributed by atoms with Crippen molar-refractivity contribution in [3.8, 4) is 0 Å². The normalized spacial score (nSPS) is 15.7. The van der Waals surface area contributed by atoms with Gasteiger partial charge in [0.25, 0.3) is 0 Å². The summed E-state index contributed by atoms with van der Waals surface area (Å²) in [6.45, 7) is 0.642. The molecule has 1 fully saturated rings. The highest BCUT2D eigenvalue weighted by Gasteiger charge is 2.20. The van der Waals surface area contributed by atoms with Gasteiger partial charge in [-0.1, -0.05) is 0 Å². The molecule has 0 heterocycles. The summed E-state index contributed by atoms with van der Waals surface area (Å²) in [6.07, 6.45) is 3.60. The number of benzene rings is 1. The number of thioether (sulfide) groups is 1. The number of sulfone groups is 1. The van der Waals surface area contributed by atoms with E-state index in [1.54, 1.807) is 6.07 Å². The number of halogens is 1. The van der Waals surface area contributed by atoms with E-state index in [0.717, 1.165) is 10.5 Å². The molecule has 3 nitrogen and oxygen atoms in total. The third-order valence-electron chi connectivity index (χ3n) is 2.89. The molecule has 0 radical (unpaired) electrons. The van der Waals surface area contributed by atoms with Crippen LogP contribution in [0, 0.1) is 5.82 Å². The Morgan fingerprint density at radius 1 is 1.42 bits per heavy atom. The maximum atomic E-state index is 13.3. The maximum absolute atomic E-state index is 13.3. The first-order chi connectivity index (χ1) is 8.94. The van der Waals surface area contributed by atoms with Gasteiger partial charge in [-0.15, -0.1) is 11.8 Å². The van der Waals surface area contributed by atoms with Gasteiger partial charge < -0.3 is 5.32 Å². The lowest BCUT2D eigenvalue weighted by molar-refractivity contribution is 0.603. The molecule has 0 amide bonds. The van der Waals surface area contributed by atoms with Crippen LogP contribution in [0.2, 0.25) is 0 Å². The van der Waals surface area contributed by atoms with Crippen molar-refractivity contribution in [1.29, 1.82) is 0 Å². The summed E-state index contributed by atoms with van der Waals surface area (Å²) in [6, 6.07) is 5.24. The third-order valence-corrected chi connectivity index (χ3v) is 5.21. The Labute approximate surface area is 117 Å². The summed E-state index contributed by atoms with van der Waals surface area (Å²) in [4.78, 5) is 0.957. The minimum absolute atomic E-state index is 0.143. The van der Waals surface area contributed by atoms with Crippen LogP contribution in [-0.2, 0) is 16.4 Å². The summed E-state index contributed by atoms with van der Waals surface area (Å²) in [5.74, 6) is 0.394. The number of rotatable bonds is 7. The average molecular weight is 303 g/mol. The standard InChI is InChI=1S/C13H18FNO2S2/c1-19(16,17)7-6-18-13-5-2-11(14)8-10(13)9-15-12-3-4-12/h2,5,8,12,15H,3-4,6-7,9H2,1H3. The topological polar surface area (TPSA) is 46.2 Å². The second-order valence-electron chi connectivity index (χ2n) is 4.89. The van der Waals surface area contributed by atoms with E-state index in [1.807, 2.05) is 0 Å². The zero-order chi connectivity index (χ0) is 13.9. The lowest BCUT2D eigenvalue weighted by Gasteiger charge is -2.10. The molecule has 0 aliphatic heterocycles. The molecule has 106 valence electrons. The molecule has 0 spiro atoms. The first kappa shape index (κ1) is 14.8. The van der Waals surface area contributed by atoms with Crippen LogP contribution in [0.15, 0.2) is 23.1 Å². The van der Waals surface area contributed by atoms with Crippen LogP contribution in [0.25, 0.3) is 0 Å². The Morgan fingerprint density at radius 3 is 2.79 bits per heavy atom. The zero-order valence-corrected chi connectivity index (χ0v) is 12.5. The van der Waals surface area contributed by atoms with Gasteiger partial charge in [0.15, 0.2) is 0 Å². The fourth-order valence-electron chi connectivity index (χ4n) is 1.67. The van der Waals surface area contributed by atoms with Crippen molar-refractivity contribution >= 4 is 21.6 Å². The molecule has 0 unspecified atom stereocenters. The van der Waals surface area contributed by atoms with Gasteiger partial charge in [-0.25, -0.2) is 12.8 Å². The number of nitrogens with one attached hydrogen (secondary N) is 1. The minimum Gasteiger partial charge on any atom is -0.310 e. The van der Waals surface area contributed by atoms with E-state index in [1.165, 1.54) is 43.0 Å². The van der Waals surface area contributed by atoms with Crippen molar-refractivity contribution < 1.29 is 12.8 Å². The van der Waals surface area contributed by atoms with Crippen LogP contribution < -0.4 is 5.32 Å². The van der Waals surface area contributed by atoms with Crippen LogP contribution in [-0.4, -0.2) is 32.2 Å². The fourth-order valence-corrected chi connectivity index (χ4v) is 3.92. The SMILES string of the molecule is CS(=O)(=O)CCSc1ccc(F)cc1CNC1CC1. The molecule has 1 aromatic rings. The molecule has 0 saturated heterocycles. The Kier molecular flexibility index (Phi) is 4.86. The van der Waals surface area contributed by atoms with E-state index in [0.29, 0.717) is 18.3 Å². The molecule has 1 aliphatic rings. The van der Waals surface area contributed by atoms with E-state index in [-0.39, 0.29) is 11.6 Å². The van der Waals surface area contributed by atoms with E-state index < -0.39 is 9.84 Å². The zero-order valence-electron chi connectivity index (χ0n) is 10.9. The van der Waals surface area contributed by atoms with Crippen molar-refractivity contribution in [3.05, 3.63) is 29.6 Å². The largest absolute Gasteiger partial charge is 0.310 e. The molecule has 6 heteroatoms. The van der Waals surface area contributed by atoms with Gasteiger partial charge in [-0.05, 0) is 36.6 Å². The molecule has 1 saturated carbocycles. The predicted octanol–water partition coefficient (Wildman–Crippen LogP) is 2.21. The Bertz CT molecular complexity index is 542. The number of hydrogen-bond acceptors (Lipinski definition) is 4. The van der Waals surface area contributed by atoms with Crippen molar-refractivity contribution in [3.63, 3.8) is 0 Å². The predicted molar refractivity (Wildman–Crippen MR) is 76.7 cm³/mol. The van der Waals surface area contributed by atoms with Gasteiger partial charge in [0.1, 0.15) is 15.7 Å². The third kappa shape index (κ3) is 5.50. The highest BCUT2D eigenvalue weighted by molar-refractivity contribution is 8.00. The first-order valence-electron chi connectivity index (χ1n) is 6.26. The van der Waals surface area contributed by atoms with E-state index >= 15 is 0 Å². The van der Waals surface area contributed by atoms with Gasteiger partial charge in [-0.3, -0.25) is 0 Å². The molecule has 1 aliphatic carbocycles. The number of hydrogen-bond donors (Lipinski definition) is 1. The summed E-state index contributed by atoms with van der Waals surface area (Å²) < 4.78 is 35.5. The lowest BCUT2D eigenvalue weighted by atomic mass is 10.2. The fraction of sp³-hybridized carbons (Fsp3) is 0.538. The van der Waals surface area contributed by atoms with Crippen molar-refractivity contribution in [2.75, 3.05) is 17.8 Å². The molecule has 1 aromatic carbocycles. The smallest absolute Gasteiger partial charge is 0.148 e. The molecule has 1 N–H and O–H groups in total. The summed E-state index contributed by atoms with van der Waals surface area (Å²) in [5, 5.41) is 3.35. The summed E-state index contributed by atoms with van der Waals surface area (Å²) in [5.41, 5.74) is 0.908. The van der Waals surface area contributed by atoms with Gasteiger partial charge in [-0.2, -0.15) is 0 Å². The lowest BCUT2D eigenvalue weighted by Crippen LogP contribution is -2.16. The monoisotopic (exact) mass is 303 g/mol. The van der Waals surface area contributed by atoms with Crippen LogP contribution in [0.3, 0.4) is 0 Å². The van der Waals surface area contributed by atoms with E-state index in [9.17, 15) is 12.8 Å². The van der Waals surface area contributed by atoms with Crippen LogP contribution in [0.4, 0.5) is 4.39 Å². The Hall–Kier alpha value is -0.590. The van der Waals surface area contributed by atoms with Crippen LogP contribution in [0.5, 0.6) is 0 Å². The van der Waals surface area contributed by atoms with Gasteiger partial charge in [0.2, 0.25) is 0 Å². The molecular weight excluding hydrogens is 285 g/mol. The van der Waals surface area contributed by atoms with Gasteiger partial charge in [0.05, 0.1) is 5.75 Å². The Morgan fingerprint density at radius 2 is 2.16 bits per heavy atom. The summed E-state index contributed by atoms with van der Waals surface area (Å²) in [7, 11) is -2.94. The van der Waals surface area contributed by atoms with Gasteiger partial charge in [0, 0.05) is 29.5 Å². The average Bonchev–Trinajstić information content (AvgIpc) is 3.11. The van der Waals surface area contributed by atoms with E-state index in [4.69, 9.17) is 0 Å². The van der Waals surface area contributed by atoms with Crippen LogP contribution >= 0.6 is 11.8 Å². The quantitative estimate of drug-likeness (QED) is 0.785. The molecular formula is C13H18FNO2S2. The van der Waals surface area contributed by atoms with Crippen LogP contribution in [0.1, 0.15) is 18.4 Å². The first-order valence-corrected chi connectivity index (χ1v) is 9.31. The molecule has 0 bridgehead atoms. The van der Waals surface area contributed by atoms with E-state index in [2.05, 4.69) is 5.32 Å². The van der Waals surface area contributed by atoms with Crippen molar-refractivity contribution in [2.45, 2.75) is 30.3 Å². The highest BCUT2D eigenvalue weighted by Crippen LogP contribution is 2.25. The van der Waals surface area contributed by atoms with Gasteiger partial charge >= 0.3 is 0 Å². The highest BCUT2D eigenvalue weighted by atomic mass is 32.2.